The third-order valence-corrected chi connectivity index (χ3v) is 13.2. The van der Waals surface area contributed by atoms with Crippen LogP contribution in [0.4, 0.5) is 0 Å². The van der Waals surface area contributed by atoms with E-state index < -0.39 is 5.41 Å². The van der Waals surface area contributed by atoms with E-state index in [1.807, 2.05) is 0 Å². The lowest BCUT2D eigenvalue weighted by Crippen LogP contribution is -2.45. The van der Waals surface area contributed by atoms with E-state index in [-0.39, 0.29) is 17.4 Å². The molecule has 4 heterocycles. The Hall–Kier alpha value is -5.48. The maximum atomic E-state index is 7.08. The summed E-state index contributed by atoms with van der Waals surface area (Å²) < 4.78 is 13.9. The van der Waals surface area contributed by atoms with Gasteiger partial charge in [0.2, 0.25) is 0 Å². The fraction of sp³-hybridized carbons (Fsp3) is 0.265. The van der Waals surface area contributed by atoms with Gasteiger partial charge in [0.1, 0.15) is 23.4 Å². The van der Waals surface area contributed by atoms with Gasteiger partial charge in [0, 0.05) is 69.7 Å². The molecule has 3 aromatic rings. The van der Waals surface area contributed by atoms with Crippen molar-refractivity contribution in [2.24, 2.45) is 5.41 Å². The van der Waals surface area contributed by atoms with Crippen molar-refractivity contribution in [3.8, 4) is 17.2 Å². The van der Waals surface area contributed by atoms with Crippen molar-refractivity contribution in [2.75, 3.05) is 6.54 Å². The molecule has 4 aliphatic carbocycles. The zero-order valence-corrected chi connectivity index (χ0v) is 30.2. The van der Waals surface area contributed by atoms with E-state index in [0.29, 0.717) is 6.04 Å². The Bertz CT molecular complexity index is 2360. The molecule has 0 saturated carbocycles. The molecule has 1 spiro atoms. The van der Waals surface area contributed by atoms with Gasteiger partial charge in [-0.25, -0.2) is 0 Å². The highest BCUT2D eigenvalue weighted by Crippen LogP contribution is 2.62. The molecule has 0 amide bonds. The van der Waals surface area contributed by atoms with Gasteiger partial charge in [-0.05, 0) is 85.2 Å². The molecule has 262 valence electrons. The van der Waals surface area contributed by atoms with Gasteiger partial charge in [-0.1, -0.05) is 110 Å². The number of nitrogens with one attached hydrogen (secondary N) is 1. The van der Waals surface area contributed by atoms with Gasteiger partial charge in [-0.3, -0.25) is 0 Å². The van der Waals surface area contributed by atoms with Gasteiger partial charge < -0.3 is 19.7 Å². The summed E-state index contributed by atoms with van der Waals surface area (Å²) in [5.41, 5.74) is 12.3. The van der Waals surface area contributed by atoms with Gasteiger partial charge in [-0.15, -0.1) is 0 Å². The lowest BCUT2D eigenvalue weighted by molar-refractivity contribution is 0.201. The first kappa shape index (κ1) is 31.1. The van der Waals surface area contributed by atoms with Gasteiger partial charge in [-0.2, -0.15) is 0 Å². The van der Waals surface area contributed by atoms with Gasteiger partial charge in [0.25, 0.3) is 0 Å². The van der Waals surface area contributed by atoms with Crippen LogP contribution < -0.4 is 14.8 Å². The highest BCUT2D eigenvalue weighted by atomic mass is 16.5. The van der Waals surface area contributed by atoms with Crippen LogP contribution in [-0.2, 0) is 5.41 Å². The van der Waals surface area contributed by atoms with E-state index in [2.05, 4.69) is 157 Å². The predicted molar refractivity (Wildman–Crippen MR) is 213 cm³/mol. The number of hydrogen-bond acceptors (Lipinski definition) is 4. The normalized spacial score (nSPS) is 29.7. The van der Waals surface area contributed by atoms with Crippen LogP contribution >= 0.6 is 0 Å². The van der Waals surface area contributed by atoms with Crippen molar-refractivity contribution < 1.29 is 9.47 Å². The smallest absolute Gasteiger partial charge is 0.132 e. The monoisotopic (exact) mass is 692 g/mol. The van der Waals surface area contributed by atoms with Gasteiger partial charge in [0.05, 0.1) is 5.41 Å². The largest absolute Gasteiger partial charge is 0.485 e. The minimum absolute atomic E-state index is 0.0370. The fourth-order valence-electron chi connectivity index (χ4n) is 10.7. The second-order valence-corrected chi connectivity index (χ2v) is 15.9. The van der Waals surface area contributed by atoms with Crippen LogP contribution in [-0.4, -0.2) is 23.6 Å². The first-order valence-corrected chi connectivity index (χ1v) is 19.6. The molecule has 0 fully saturated rings. The van der Waals surface area contributed by atoms with Crippen molar-refractivity contribution in [2.45, 2.75) is 68.9 Å². The van der Waals surface area contributed by atoms with Crippen molar-refractivity contribution in [1.29, 1.82) is 0 Å². The number of nitrogens with zero attached hydrogens (tertiary/aromatic N) is 1. The summed E-state index contributed by atoms with van der Waals surface area (Å²) in [6.45, 7) is 3.31. The van der Waals surface area contributed by atoms with Crippen LogP contribution in [0.3, 0.4) is 0 Å². The maximum absolute atomic E-state index is 7.08. The highest BCUT2D eigenvalue weighted by molar-refractivity contribution is 5.76. The molecule has 4 heteroatoms. The second kappa shape index (κ2) is 11.8. The average molecular weight is 693 g/mol. The molecule has 4 aliphatic heterocycles. The highest BCUT2D eigenvalue weighted by Gasteiger charge is 2.54. The van der Waals surface area contributed by atoms with Crippen LogP contribution in [0.15, 0.2) is 162 Å². The zero-order valence-electron chi connectivity index (χ0n) is 30.2. The van der Waals surface area contributed by atoms with Crippen LogP contribution in [0.2, 0.25) is 0 Å². The summed E-state index contributed by atoms with van der Waals surface area (Å²) in [5, 5.41) is 3.54. The Morgan fingerprint density at radius 3 is 2.58 bits per heavy atom. The molecule has 5 unspecified atom stereocenters. The predicted octanol–water partition coefficient (Wildman–Crippen LogP) is 10.8. The Morgan fingerprint density at radius 1 is 0.811 bits per heavy atom. The number of fused-ring (bicyclic) bond motifs is 10. The summed E-state index contributed by atoms with van der Waals surface area (Å²) in [6.07, 6.45) is 36.3. The maximum Gasteiger partial charge on any atom is 0.132 e. The number of hydrogen-bond donors (Lipinski definition) is 1. The SMILES string of the molecule is CC12C=CCCC1N(C1=CC=CCC1)C1=C2CC(c2ccc3c(c2)OC2CC=CC=C2C32c3ccccc3Oc3cc(C4=CC=CCN4)ccc32)C=C1. The standard InChI is InChI=1S/C49H44N2O2/c1-48-27-11-9-20-47(48)51(35-13-3-2-4-14-35)42-26-23-32(29-40(42)48)33-21-24-38-45(30-33)52-43-18-7-5-15-36(43)49(38)37-16-6-8-19-44(37)53-46-31-34(22-25-39(46)49)41-17-10-12-28-50-41/h2-3,5-8,10-13,15-17,19,21-27,30-32,43,47,50H,4,9,14,18,20,28-29H2,1H3. The van der Waals surface area contributed by atoms with E-state index in [1.54, 1.807) is 5.57 Å². The Labute approximate surface area is 312 Å². The molecule has 0 aromatic heterocycles. The molecule has 5 atom stereocenters. The van der Waals surface area contributed by atoms with E-state index in [9.17, 15) is 0 Å². The number of para-hydroxylation sites is 1. The molecule has 0 radical (unpaired) electrons. The molecule has 0 bridgehead atoms. The third kappa shape index (κ3) is 4.48. The van der Waals surface area contributed by atoms with E-state index in [1.165, 1.54) is 45.6 Å². The molecule has 3 aromatic carbocycles. The molecule has 53 heavy (non-hydrogen) atoms. The molecular formula is C49H44N2O2. The van der Waals surface area contributed by atoms with Crippen molar-refractivity contribution >= 4 is 5.70 Å². The molecule has 8 aliphatic rings. The van der Waals surface area contributed by atoms with E-state index >= 15 is 0 Å². The summed E-state index contributed by atoms with van der Waals surface area (Å²) in [6, 6.07) is 23.0. The number of rotatable bonds is 3. The second-order valence-electron chi connectivity index (χ2n) is 15.9. The van der Waals surface area contributed by atoms with Crippen molar-refractivity contribution in [3.05, 3.63) is 190 Å². The Balaban J connectivity index is 1.04. The van der Waals surface area contributed by atoms with Crippen LogP contribution in [0.5, 0.6) is 17.2 Å². The Morgan fingerprint density at radius 2 is 1.68 bits per heavy atom. The first-order valence-electron chi connectivity index (χ1n) is 19.6. The first-order chi connectivity index (χ1) is 26.1. The summed E-state index contributed by atoms with van der Waals surface area (Å²) >= 11 is 0. The summed E-state index contributed by atoms with van der Waals surface area (Å²) in [5.74, 6) is 3.06. The lowest BCUT2D eigenvalue weighted by Gasteiger charge is -2.49. The average Bonchev–Trinajstić information content (AvgIpc) is 3.48. The van der Waals surface area contributed by atoms with Crippen LogP contribution in [0.1, 0.15) is 79.2 Å². The number of benzene rings is 3. The van der Waals surface area contributed by atoms with Crippen molar-refractivity contribution in [1.82, 2.24) is 10.2 Å². The summed E-state index contributed by atoms with van der Waals surface area (Å²) in [4.78, 5) is 2.71. The van der Waals surface area contributed by atoms with Crippen LogP contribution in [0, 0.1) is 5.41 Å². The van der Waals surface area contributed by atoms with Crippen molar-refractivity contribution in [3.63, 3.8) is 0 Å². The molecule has 1 N–H and O–H groups in total. The summed E-state index contributed by atoms with van der Waals surface area (Å²) in [7, 11) is 0. The number of ether oxygens (including phenoxy) is 2. The quantitative estimate of drug-likeness (QED) is 0.277. The van der Waals surface area contributed by atoms with Gasteiger partial charge >= 0.3 is 0 Å². The zero-order chi connectivity index (χ0) is 35.1. The topological polar surface area (TPSA) is 33.7 Å². The molecule has 0 saturated heterocycles. The van der Waals surface area contributed by atoms with E-state index in [0.717, 1.165) is 67.2 Å². The van der Waals surface area contributed by atoms with Gasteiger partial charge in [0.15, 0.2) is 0 Å². The molecule has 11 rings (SSSR count). The minimum atomic E-state index is -0.543. The minimum Gasteiger partial charge on any atom is -0.485 e. The number of allylic oxidation sites excluding steroid dienone is 11. The van der Waals surface area contributed by atoms with Crippen LogP contribution in [0.25, 0.3) is 5.70 Å². The molecular weight excluding hydrogens is 649 g/mol. The fourth-order valence-corrected chi connectivity index (χ4v) is 10.7. The molecule has 4 nitrogen and oxygen atoms in total. The Kier molecular flexibility index (Phi) is 6.90. The lowest BCUT2D eigenvalue weighted by atomic mass is 9.59. The number of dihydropyridines is 1. The third-order valence-electron chi connectivity index (χ3n) is 13.2. The van der Waals surface area contributed by atoms with E-state index in [4.69, 9.17) is 9.47 Å².